The molecule has 1 aliphatic rings. The van der Waals surface area contributed by atoms with Crippen LogP contribution in [0.2, 0.25) is 0 Å². The van der Waals surface area contributed by atoms with Gasteiger partial charge in [0.1, 0.15) is 5.82 Å². The molecule has 0 bridgehead atoms. The second-order valence-corrected chi connectivity index (χ2v) is 5.34. The molecule has 1 heterocycles. The number of aryl methyl sites for hydroxylation is 2. The number of hydrogen-bond donors (Lipinski definition) is 2. The Morgan fingerprint density at radius 1 is 1.50 bits per heavy atom. The van der Waals surface area contributed by atoms with Gasteiger partial charge in [0.15, 0.2) is 0 Å². The molecule has 2 rings (SSSR count). The van der Waals surface area contributed by atoms with Gasteiger partial charge in [-0.2, -0.15) is 5.10 Å². The topological polar surface area (TPSA) is 55.9 Å². The monoisotopic (exact) mass is 222 g/mol. The third-order valence-corrected chi connectivity index (χ3v) is 3.99. The first kappa shape index (κ1) is 11.3. The zero-order valence-electron chi connectivity index (χ0n) is 10.7. The van der Waals surface area contributed by atoms with E-state index < -0.39 is 0 Å². The summed E-state index contributed by atoms with van der Waals surface area (Å²) in [7, 11) is 1.93. The minimum absolute atomic E-state index is 0.491. The van der Waals surface area contributed by atoms with Gasteiger partial charge in [-0.15, -0.1) is 0 Å². The van der Waals surface area contributed by atoms with Gasteiger partial charge in [-0.05, 0) is 31.1 Å². The Kier molecular flexibility index (Phi) is 2.60. The zero-order valence-corrected chi connectivity index (χ0v) is 10.7. The molecule has 4 nitrogen and oxygen atoms in total. The molecule has 4 heteroatoms. The number of nitrogens with one attached hydrogen (secondary N) is 1. The lowest BCUT2D eigenvalue weighted by Crippen LogP contribution is -2.22. The maximum atomic E-state index is 5.98. The maximum Gasteiger partial charge on any atom is 0.147 e. The Morgan fingerprint density at radius 2 is 2.12 bits per heavy atom. The smallest absolute Gasteiger partial charge is 0.147 e. The molecule has 1 saturated carbocycles. The summed E-state index contributed by atoms with van der Waals surface area (Å²) in [5.74, 6) is 1.69. The van der Waals surface area contributed by atoms with Crippen LogP contribution in [0.25, 0.3) is 0 Å². The van der Waals surface area contributed by atoms with Crippen molar-refractivity contribution in [2.45, 2.75) is 33.6 Å². The molecule has 1 fully saturated rings. The van der Waals surface area contributed by atoms with Gasteiger partial charge in [-0.3, -0.25) is 4.68 Å². The highest BCUT2D eigenvalue weighted by molar-refractivity contribution is 5.64. The first-order valence-corrected chi connectivity index (χ1v) is 5.99. The van der Waals surface area contributed by atoms with E-state index in [0.717, 1.165) is 29.7 Å². The van der Waals surface area contributed by atoms with E-state index in [2.05, 4.69) is 24.3 Å². The fraction of sp³-hybridized carbons (Fsp3) is 0.750. The van der Waals surface area contributed by atoms with Crippen LogP contribution in [-0.2, 0) is 7.05 Å². The minimum Gasteiger partial charge on any atom is -0.394 e. The predicted octanol–water partition coefficient (Wildman–Crippen LogP) is 2.16. The molecule has 90 valence electrons. The van der Waals surface area contributed by atoms with Crippen molar-refractivity contribution >= 4 is 11.5 Å². The Bertz CT molecular complexity index is 388. The van der Waals surface area contributed by atoms with Crippen molar-refractivity contribution in [2.24, 2.45) is 18.4 Å². The Balaban J connectivity index is 2.05. The third-order valence-electron chi connectivity index (χ3n) is 3.99. The van der Waals surface area contributed by atoms with Crippen LogP contribution < -0.4 is 11.1 Å². The SMILES string of the molecule is Cc1nn(C)c(NCC2(C(C)C)CC2)c1N. The van der Waals surface area contributed by atoms with E-state index in [0.29, 0.717) is 5.41 Å². The van der Waals surface area contributed by atoms with Crippen LogP contribution >= 0.6 is 0 Å². The fourth-order valence-electron chi connectivity index (χ4n) is 2.26. The average molecular weight is 222 g/mol. The number of aromatic nitrogens is 2. The van der Waals surface area contributed by atoms with Crippen LogP contribution in [0.4, 0.5) is 11.5 Å². The Hall–Kier alpha value is -1.19. The van der Waals surface area contributed by atoms with Crippen molar-refractivity contribution in [3.63, 3.8) is 0 Å². The van der Waals surface area contributed by atoms with Crippen LogP contribution in [0.3, 0.4) is 0 Å². The van der Waals surface area contributed by atoms with Crippen molar-refractivity contribution in [1.29, 1.82) is 0 Å². The van der Waals surface area contributed by atoms with Crippen LogP contribution in [-0.4, -0.2) is 16.3 Å². The average Bonchev–Trinajstić information content (AvgIpc) is 2.94. The van der Waals surface area contributed by atoms with Crippen LogP contribution in [0.5, 0.6) is 0 Å². The fourth-order valence-corrected chi connectivity index (χ4v) is 2.26. The third kappa shape index (κ3) is 1.77. The molecule has 0 unspecified atom stereocenters. The van der Waals surface area contributed by atoms with Gasteiger partial charge in [0.05, 0.1) is 11.4 Å². The van der Waals surface area contributed by atoms with Gasteiger partial charge < -0.3 is 11.1 Å². The highest BCUT2D eigenvalue weighted by atomic mass is 15.3. The number of nitrogens with zero attached hydrogens (tertiary/aromatic N) is 2. The summed E-state index contributed by atoms with van der Waals surface area (Å²) in [6.07, 6.45) is 2.66. The predicted molar refractivity (Wildman–Crippen MR) is 67.4 cm³/mol. The Morgan fingerprint density at radius 3 is 2.50 bits per heavy atom. The standard InChI is InChI=1S/C12H22N4/c1-8(2)12(5-6-12)7-14-11-10(13)9(3)15-16(11)4/h8,14H,5-7,13H2,1-4H3. The van der Waals surface area contributed by atoms with E-state index in [9.17, 15) is 0 Å². The lowest BCUT2D eigenvalue weighted by atomic mass is 9.92. The quantitative estimate of drug-likeness (QED) is 0.820. The second-order valence-electron chi connectivity index (χ2n) is 5.34. The molecule has 16 heavy (non-hydrogen) atoms. The summed E-state index contributed by atoms with van der Waals surface area (Å²) in [6.45, 7) is 7.54. The first-order valence-electron chi connectivity index (χ1n) is 5.99. The highest BCUT2D eigenvalue weighted by Crippen LogP contribution is 2.51. The largest absolute Gasteiger partial charge is 0.394 e. The van der Waals surface area contributed by atoms with Crippen molar-refractivity contribution < 1.29 is 0 Å². The molecule has 1 aliphatic carbocycles. The van der Waals surface area contributed by atoms with Gasteiger partial charge in [0, 0.05) is 13.6 Å². The van der Waals surface area contributed by atoms with Gasteiger partial charge in [-0.25, -0.2) is 0 Å². The van der Waals surface area contributed by atoms with E-state index in [4.69, 9.17) is 5.73 Å². The molecule has 0 radical (unpaired) electrons. The van der Waals surface area contributed by atoms with Crippen molar-refractivity contribution in [3.05, 3.63) is 5.69 Å². The van der Waals surface area contributed by atoms with Crippen molar-refractivity contribution in [2.75, 3.05) is 17.6 Å². The lowest BCUT2D eigenvalue weighted by Gasteiger charge is -2.20. The number of anilines is 2. The van der Waals surface area contributed by atoms with Crippen molar-refractivity contribution in [1.82, 2.24) is 9.78 Å². The molecular formula is C12H22N4. The first-order chi connectivity index (χ1) is 7.46. The number of hydrogen-bond acceptors (Lipinski definition) is 3. The van der Waals surface area contributed by atoms with E-state index in [-0.39, 0.29) is 0 Å². The highest BCUT2D eigenvalue weighted by Gasteiger charge is 2.45. The lowest BCUT2D eigenvalue weighted by molar-refractivity contribution is 0.379. The van der Waals surface area contributed by atoms with E-state index in [1.54, 1.807) is 0 Å². The molecular weight excluding hydrogens is 200 g/mol. The van der Waals surface area contributed by atoms with Gasteiger partial charge in [-0.1, -0.05) is 13.8 Å². The molecule has 0 aliphatic heterocycles. The summed E-state index contributed by atoms with van der Waals surface area (Å²) in [5.41, 5.74) is 8.16. The molecule has 3 N–H and O–H groups in total. The summed E-state index contributed by atoms with van der Waals surface area (Å²) in [6, 6.07) is 0. The summed E-state index contributed by atoms with van der Waals surface area (Å²) >= 11 is 0. The number of nitrogen functional groups attached to an aromatic ring is 1. The van der Waals surface area contributed by atoms with Gasteiger partial charge in [0.2, 0.25) is 0 Å². The van der Waals surface area contributed by atoms with E-state index in [1.807, 2.05) is 18.7 Å². The summed E-state index contributed by atoms with van der Waals surface area (Å²) < 4.78 is 1.83. The minimum atomic E-state index is 0.491. The molecule has 0 spiro atoms. The Labute approximate surface area is 97.2 Å². The molecule has 0 amide bonds. The van der Waals surface area contributed by atoms with Gasteiger partial charge >= 0.3 is 0 Å². The summed E-state index contributed by atoms with van der Waals surface area (Å²) in [4.78, 5) is 0. The molecule has 1 aromatic heterocycles. The van der Waals surface area contributed by atoms with Crippen molar-refractivity contribution in [3.8, 4) is 0 Å². The number of rotatable bonds is 4. The van der Waals surface area contributed by atoms with Crippen LogP contribution in [0.15, 0.2) is 0 Å². The molecule has 0 saturated heterocycles. The van der Waals surface area contributed by atoms with E-state index in [1.165, 1.54) is 12.8 Å². The van der Waals surface area contributed by atoms with Crippen LogP contribution in [0.1, 0.15) is 32.4 Å². The van der Waals surface area contributed by atoms with Gasteiger partial charge in [0.25, 0.3) is 0 Å². The van der Waals surface area contributed by atoms with Crippen LogP contribution in [0, 0.1) is 18.3 Å². The van der Waals surface area contributed by atoms with E-state index >= 15 is 0 Å². The molecule has 0 aromatic carbocycles. The second kappa shape index (κ2) is 3.68. The number of nitrogens with two attached hydrogens (primary N) is 1. The molecule has 0 atom stereocenters. The zero-order chi connectivity index (χ0) is 11.9. The normalized spacial score (nSPS) is 17.8. The maximum absolute atomic E-state index is 5.98. The molecule has 1 aromatic rings. The summed E-state index contributed by atoms with van der Waals surface area (Å²) in [5, 5.41) is 7.77.